The third-order valence-electron chi connectivity index (χ3n) is 3.47. The number of benzene rings is 2. The summed E-state index contributed by atoms with van der Waals surface area (Å²) in [6.07, 6.45) is 1.78. The first kappa shape index (κ1) is 15.9. The van der Waals surface area contributed by atoms with Crippen LogP contribution in [0.15, 0.2) is 54.6 Å². The van der Waals surface area contributed by atoms with Gasteiger partial charge in [-0.15, -0.1) is 11.6 Å². The molecule has 0 heterocycles. The van der Waals surface area contributed by atoms with Crippen LogP contribution in [0.5, 0.6) is 0 Å². The Bertz CT molecular complexity index is 613. The third kappa shape index (κ3) is 3.78. The van der Waals surface area contributed by atoms with E-state index in [1.807, 2.05) is 30.3 Å². The summed E-state index contributed by atoms with van der Waals surface area (Å²) in [5, 5.41) is 9.90. The number of aryl methyl sites for hydroxylation is 1. The van der Waals surface area contributed by atoms with Crippen molar-refractivity contribution in [3.8, 4) is 0 Å². The molecule has 0 bridgehead atoms. The molecule has 0 fully saturated rings. The summed E-state index contributed by atoms with van der Waals surface area (Å²) in [5.74, 6) is -1.06. The Labute approximate surface area is 134 Å². The lowest BCUT2D eigenvalue weighted by Gasteiger charge is -2.24. The van der Waals surface area contributed by atoms with E-state index < -0.39 is 10.8 Å². The maximum atomic E-state index is 11.6. The number of halogens is 2. The van der Waals surface area contributed by atoms with Crippen LogP contribution in [0.25, 0.3) is 0 Å². The molecule has 21 heavy (non-hydrogen) atoms. The fourth-order valence-electron chi connectivity index (χ4n) is 2.32. The summed E-state index contributed by atoms with van der Waals surface area (Å²) in [6.45, 7) is 0. The SMILES string of the molecule is O=C(O)C(Cl)(CCCc1ccccc1)c1ccccc1Cl. The minimum absolute atomic E-state index is 0.322. The molecule has 0 aliphatic rings. The highest BCUT2D eigenvalue weighted by atomic mass is 35.5. The van der Waals surface area contributed by atoms with Gasteiger partial charge in [-0.1, -0.05) is 60.1 Å². The first-order chi connectivity index (χ1) is 10.0. The van der Waals surface area contributed by atoms with Crippen molar-refractivity contribution in [2.45, 2.75) is 24.1 Å². The minimum Gasteiger partial charge on any atom is -0.480 e. The Balaban J connectivity index is 2.12. The predicted octanol–water partition coefficient (Wildman–Crippen LogP) is 4.88. The second kappa shape index (κ2) is 6.97. The third-order valence-corrected chi connectivity index (χ3v) is 4.35. The van der Waals surface area contributed by atoms with Crippen LogP contribution in [-0.4, -0.2) is 11.1 Å². The molecule has 0 saturated heterocycles. The van der Waals surface area contributed by atoms with Crippen molar-refractivity contribution in [2.75, 3.05) is 0 Å². The first-order valence-electron chi connectivity index (χ1n) is 6.75. The van der Waals surface area contributed by atoms with Gasteiger partial charge < -0.3 is 5.11 Å². The number of aliphatic carboxylic acids is 1. The summed E-state index contributed by atoms with van der Waals surface area (Å²) in [4.78, 5) is 10.1. The molecule has 0 amide bonds. The number of alkyl halides is 1. The number of hydrogen-bond acceptors (Lipinski definition) is 1. The van der Waals surface area contributed by atoms with E-state index in [4.69, 9.17) is 23.2 Å². The molecule has 4 heteroatoms. The highest BCUT2D eigenvalue weighted by Crippen LogP contribution is 2.38. The maximum absolute atomic E-state index is 11.6. The smallest absolute Gasteiger partial charge is 0.329 e. The largest absolute Gasteiger partial charge is 0.480 e. The molecule has 1 unspecified atom stereocenters. The van der Waals surface area contributed by atoms with Gasteiger partial charge in [0.25, 0.3) is 0 Å². The van der Waals surface area contributed by atoms with E-state index >= 15 is 0 Å². The quantitative estimate of drug-likeness (QED) is 0.769. The topological polar surface area (TPSA) is 37.3 Å². The van der Waals surface area contributed by atoms with Crippen LogP contribution in [-0.2, 0) is 16.1 Å². The van der Waals surface area contributed by atoms with Gasteiger partial charge in [-0.2, -0.15) is 0 Å². The first-order valence-corrected chi connectivity index (χ1v) is 7.51. The lowest BCUT2D eigenvalue weighted by molar-refractivity contribution is -0.140. The van der Waals surface area contributed by atoms with E-state index in [0.29, 0.717) is 23.4 Å². The van der Waals surface area contributed by atoms with Crippen molar-refractivity contribution >= 4 is 29.2 Å². The Kier molecular flexibility index (Phi) is 5.27. The number of carbonyl (C=O) groups is 1. The standard InChI is InChI=1S/C17H16Cl2O2/c18-15-11-5-4-10-14(15)17(19,16(20)21)12-6-9-13-7-2-1-3-8-13/h1-5,7-8,10-11H,6,9,12H2,(H,20,21). The molecule has 1 atom stereocenters. The van der Waals surface area contributed by atoms with Gasteiger partial charge in [0.1, 0.15) is 0 Å². The van der Waals surface area contributed by atoms with Gasteiger partial charge in [-0.3, -0.25) is 0 Å². The van der Waals surface area contributed by atoms with E-state index in [-0.39, 0.29) is 0 Å². The lowest BCUT2D eigenvalue weighted by atomic mass is 9.91. The van der Waals surface area contributed by atoms with Crippen LogP contribution in [0.2, 0.25) is 5.02 Å². The van der Waals surface area contributed by atoms with Crippen LogP contribution in [0, 0.1) is 0 Å². The van der Waals surface area contributed by atoms with Gasteiger partial charge in [-0.25, -0.2) is 4.79 Å². The van der Waals surface area contributed by atoms with Crippen LogP contribution < -0.4 is 0 Å². The highest BCUT2D eigenvalue weighted by molar-refractivity contribution is 6.37. The second-order valence-electron chi connectivity index (χ2n) is 4.93. The van der Waals surface area contributed by atoms with Crippen molar-refractivity contribution in [3.63, 3.8) is 0 Å². The summed E-state index contributed by atoms with van der Waals surface area (Å²) in [6, 6.07) is 16.8. The van der Waals surface area contributed by atoms with Gasteiger partial charge in [-0.05, 0) is 30.9 Å². The molecular weight excluding hydrogens is 307 g/mol. The van der Waals surface area contributed by atoms with Crippen LogP contribution in [0.1, 0.15) is 24.0 Å². The van der Waals surface area contributed by atoms with Gasteiger partial charge in [0.2, 0.25) is 0 Å². The molecule has 0 spiro atoms. The van der Waals surface area contributed by atoms with Crippen molar-refractivity contribution < 1.29 is 9.90 Å². The molecule has 0 aliphatic heterocycles. The Hall–Kier alpha value is -1.51. The molecule has 2 rings (SSSR count). The highest BCUT2D eigenvalue weighted by Gasteiger charge is 2.39. The molecule has 0 radical (unpaired) electrons. The monoisotopic (exact) mass is 322 g/mol. The summed E-state index contributed by atoms with van der Waals surface area (Å²) < 4.78 is 0. The Morgan fingerprint density at radius 3 is 2.29 bits per heavy atom. The molecule has 0 aliphatic carbocycles. The Morgan fingerprint density at radius 2 is 1.67 bits per heavy atom. The average molecular weight is 323 g/mol. The summed E-state index contributed by atoms with van der Waals surface area (Å²) >= 11 is 12.5. The molecule has 2 aromatic carbocycles. The fraction of sp³-hybridized carbons (Fsp3) is 0.235. The van der Waals surface area contributed by atoms with Gasteiger partial charge in [0.15, 0.2) is 4.87 Å². The molecule has 1 N–H and O–H groups in total. The fourth-order valence-corrected chi connectivity index (χ4v) is 2.96. The van der Waals surface area contributed by atoms with Crippen molar-refractivity contribution in [1.82, 2.24) is 0 Å². The van der Waals surface area contributed by atoms with Crippen molar-refractivity contribution in [3.05, 3.63) is 70.7 Å². The predicted molar refractivity (Wildman–Crippen MR) is 86.0 cm³/mol. The van der Waals surface area contributed by atoms with E-state index in [0.717, 1.165) is 6.42 Å². The van der Waals surface area contributed by atoms with E-state index in [2.05, 4.69) is 0 Å². The van der Waals surface area contributed by atoms with Crippen molar-refractivity contribution in [1.29, 1.82) is 0 Å². The van der Waals surface area contributed by atoms with Gasteiger partial charge in [0.05, 0.1) is 0 Å². The zero-order valence-electron chi connectivity index (χ0n) is 11.4. The van der Waals surface area contributed by atoms with Crippen molar-refractivity contribution in [2.24, 2.45) is 0 Å². The normalized spacial score (nSPS) is 13.6. The van der Waals surface area contributed by atoms with E-state index in [1.165, 1.54) is 5.56 Å². The van der Waals surface area contributed by atoms with Gasteiger partial charge >= 0.3 is 5.97 Å². The Morgan fingerprint density at radius 1 is 1.05 bits per heavy atom. The maximum Gasteiger partial charge on any atom is 0.329 e. The van der Waals surface area contributed by atoms with Crippen LogP contribution in [0.4, 0.5) is 0 Å². The van der Waals surface area contributed by atoms with Crippen LogP contribution >= 0.6 is 23.2 Å². The minimum atomic E-state index is -1.48. The van der Waals surface area contributed by atoms with E-state index in [1.54, 1.807) is 24.3 Å². The summed E-state index contributed by atoms with van der Waals surface area (Å²) in [7, 11) is 0. The number of hydrogen-bond donors (Lipinski definition) is 1. The molecular formula is C17H16Cl2O2. The number of rotatable bonds is 6. The summed E-state index contributed by atoms with van der Waals surface area (Å²) in [5.41, 5.74) is 1.62. The zero-order chi connectivity index (χ0) is 15.3. The molecule has 2 aromatic rings. The molecule has 0 saturated carbocycles. The lowest BCUT2D eigenvalue weighted by Crippen LogP contribution is -2.30. The van der Waals surface area contributed by atoms with E-state index in [9.17, 15) is 9.90 Å². The average Bonchev–Trinajstić information content (AvgIpc) is 2.48. The molecule has 0 aromatic heterocycles. The number of carboxylic acid groups (broad SMARTS) is 1. The van der Waals surface area contributed by atoms with Gasteiger partial charge in [0, 0.05) is 10.6 Å². The number of carboxylic acids is 1. The molecule has 110 valence electrons. The zero-order valence-corrected chi connectivity index (χ0v) is 12.9. The second-order valence-corrected chi connectivity index (χ2v) is 5.98. The van der Waals surface area contributed by atoms with Crippen LogP contribution in [0.3, 0.4) is 0 Å². The molecule has 2 nitrogen and oxygen atoms in total.